The van der Waals surface area contributed by atoms with Crippen LogP contribution in [-0.4, -0.2) is 50.0 Å². The van der Waals surface area contributed by atoms with Crippen LogP contribution in [0.4, 0.5) is 5.69 Å². The van der Waals surface area contributed by atoms with Crippen molar-refractivity contribution in [3.63, 3.8) is 0 Å². The molecular formula is C25H34ClN3O4S. The van der Waals surface area contributed by atoms with Gasteiger partial charge in [-0.1, -0.05) is 42.8 Å². The average molecular weight is 508 g/mol. The van der Waals surface area contributed by atoms with Gasteiger partial charge in [-0.3, -0.25) is 13.9 Å². The highest BCUT2D eigenvalue weighted by Gasteiger charge is 2.31. The van der Waals surface area contributed by atoms with Gasteiger partial charge in [-0.05, 0) is 69.0 Å². The highest BCUT2D eigenvalue weighted by molar-refractivity contribution is 7.92. The number of amides is 2. The van der Waals surface area contributed by atoms with E-state index in [2.05, 4.69) is 5.32 Å². The zero-order valence-electron chi connectivity index (χ0n) is 20.6. The van der Waals surface area contributed by atoms with E-state index in [0.717, 1.165) is 33.7 Å². The molecule has 0 aliphatic rings. The molecule has 0 aliphatic carbocycles. The van der Waals surface area contributed by atoms with Crippen molar-refractivity contribution in [2.45, 2.75) is 59.7 Å². The number of nitrogens with zero attached hydrogens (tertiary/aromatic N) is 2. The van der Waals surface area contributed by atoms with Gasteiger partial charge in [0.15, 0.2) is 0 Å². The van der Waals surface area contributed by atoms with Crippen molar-refractivity contribution in [2.75, 3.05) is 17.1 Å². The number of carbonyl (C=O) groups is 2. The Morgan fingerprint density at radius 1 is 1.06 bits per heavy atom. The Morgan fingerprint density at radius 3 is 2.24 bits per heavy atom. The molecule has 0 bridgehead atoms. The second-order valence-corrected chi connectivity index (χ2v) is 11.0. The van der Waals surface area contributed by atoms with Crippen molar-refractivity contribution < 1.29 is 18.0 Å². The van der Waals surface area contributed by atoms with Gasteiger partial charge >= 0.3 is 0 Å². The van der Waals surface area contributed by atoms with E-state index in [1.165, 1.54) is 4.90 Å². The SMILES string of the molecule is CC[C@@H](C)NC(=O)[C@@H](C)N(Cc1ccc(Cl)cc1)C(=O)CN(c1cccc(C)c1C)S(C)(=O)=O. The van der Waals surface area contributed by atoms with Crippen molar-refractivity contribution >= 4 is 39.1 Å². The summed E-state index contributed by atoms with van der Waals surface area (Å²) < 4.78 is 26.5. The minimum atomic E-state index is -3.77. The summed E-state index contributed by atoms with van der Waals surface area (Å²) in [5, 5.41) is 3.46. The number of nitrogens with one attached hydrogen (secondary N) is 1. The van der Waals surface area contributed by atoms with Gasteiger partial charge in [0.25, 0.3) is 0 Å². The van der Waals surface area contributed by atoms with Crippen molar-refractivity contribution in [1.82, 2.24) is 10.2 Å². The lowest BCUT2D eigenvalue weighted by Crippen LogP contribution is -2.52. The highest BCUT2D eigenvalue weighted by Crippen LogP contribution is 2.25. The number of hydrogen-bond donors (Lipinski definition) is 1. The molecule has 0 unspecified atom stereocenters. The molecule has 2 amide bonds. The molecule has 9 heteroatoms. The quantitative estimate of drug-likeness (QED) is 0.525. The summed E-state index contributed by atoms with van der Waals surface area (Å²) in [6.07, 6.45) is 1.82. The molecule has 0 spiro atoms. The zero-order valence-corrected chi connectivity index (χ0v) is 22.2. The van der Waals surface area contributed by atoms with Gasteiger partial charge in [0.05, 0.1) is 11.9 Å². The van der Waals surface area contributed by atoms with Crippen LogP contribution >= 0.6 is 11.6 Å². The summed E-state index contributed by atoms with van der Waals surface area (Å²) >= 11 is 5.99. The minimum Gasteiger partial charge on any atom is -0.352 e. The van der Waals surface area contributed by atoms with Crippen LogP contribution in [0.1, 0.15) is 43.9 Å². The Kier molecular flexibility index (Phi) is 9.53. The normalized spacial score (nSPS) is 13.1. The van der Waals surface area contributed by atoms with Crippen LogP contribution in [0.5, 0.6) is 0 Å². The third-order valence-corrected chi connectivity index (χ3v) is 7.34. The van der Waals surface area contributed by atoms with Crippen LogP contribution in [0.2, 0.25) is 5.02 Å². The van der Waals surface area contributed by atoms with Crippen molar-refractivity contribution in [3.8, 4) is 0 Å². The second kappa shape index (κ2) is 11.7. The molecule has 2 aromatic rings. The molecule has 0 fully saturated rings. The maximum Gasteiger partial charge on any atom is 0.244 e. The van der Waals surface area contributed by atoms with Crippen molar-refractivity contribution in [2.24, 2.45) is 0 Å². The van der Waals surface area contributed by atoms with Gasteiger partial charge in [0.2, 0.25) is 21.8 Å². The number of benzene rings is 2. The molecule has 2 atom stereocenters. The maximum absolute atomic E-state index is 13.6. The number of aryl methyl sites for hydroxylation is 1. The van der Waals surface area contributed by atoms with Gasteiger partial charge in [-0.25, -0.2) is 8.42 Å². The van der Waals surface area contributed by atoms with E-state index in [1.54, 1.807) is 43.3 Å². The first kappa shape index (κ1) is 27.7. The predicted octanol–water partition coefficient (Wildman–Crippen LogP) is 4.05. The summed E-state index contributed by atoms with van der Waals surface area (Å²) in [6, 6.07) is 11.4. The summed E-state index contributed by atoms with van der Waals surface area (Å²) in [5.74, 6) is -0.776. The fraction of sp³-hybridized carbons (Fsp3) is 0.440. The highest BCUT2D eigenvalue weighted by atomic mass is 35.5. The van der Waals surface area contributed by atoms with E-state index in [1.807, 2.05) is 33.8 Å². The lowest BCUT2D eigenvalue weighted by atomic mass is 10.1. The van der Waals surface area contributed by atoms with E-state index >= 15 is 0 Å². The lowest BCUT2D eigenvalue weighted by Gasteiger charge is -2.32. The van der Waals surface area contributed by atoms with Crippen LogP contribution in [0, 0.1) is 13.8 Å². The number of hydrogen-bond acceptors (Lipinski definition) is 4. The van der Waals surface area contributed by atoms with Crippen LogP contribution < -0.4 is 9.62 Å². The summed E-state index contributed by atoms with van der Waals surface area (Å²) in [4.78, 5) is 27.9. The number of anilines is 1. The zero-order chi connectivity index (χ0) is 25.6. The Hall–Kier alpha value is -2.58. The van der Waals surface area contributed by atoms with Crippen LogP contribution in [0.3, 0.4) is 0 Å². The molecular weight excluding hydrogens is 474 g/mol. The summed E-state index contributed by atoms with van der Waals surface area (Å²) in [6.45, 7) is 8.92. The lowest BCUT2D eigenvalue weighted by molar-refractivity contribution is -0.139. The Balaban J connectivity index is 2.42. The first-order chi connectivity index (χ1) is 15.8. The smallest absolute Gasteiger partial charge is 0.244 e. The van der Waals surface area contributed by atoms with Gasteiger partial charge in [-0.15, -0.1) is 0 Å². The molecule has 1 N–H and O–H groups in total. The fourth-order valence-electron chi connectivity index (χ4n) is 3.44. The van der Waals surface area contributed by atoms with Crippen LogP contribution in [0.25, 0.3) is 0 Å². The molecule has 7 nitrogen and oxygen atoms in total. The third kappa shape index (κ3) is 7.21. The monoisotopic (exact) mass is 507 g/mol. The molecule has 0 aliphatic heterocycles. The Bertz CT molecular complexity index is 1120. The van der Waals surface area contributed by atoms with E-state index in [-0.39, 0.29) is 18.5 Å². The third-order valence-electron chi connectivity index (χ3n) is 5.96. The molecule has 2 aromatic carbocycles. The average Bonchev–Trinajstić information content (AvgIpc) is 2.77. The van der Waals surface area contributed by atoms with Gasteiger partial charge in [0, 0.05) is 17.6 Å². The van der Waals surface area contributed by atoms with E-state index in [4.69, 9.17) is 11.6 Å². The van der Waals surface area contributed by atoms with Crippen molar-refractivity contribution in [1.29, 1.82) is 0 Å². The molecule has 0 heterocycles. The second-order valence-electron chi connectivity index (χ2n) is 8.63. The number of halogens is 1. The van der Waals surface area contributed by atoms with E-state index in [9.17, 15) is 18.0 Å². The summed E-state index contributed by atoms with van der Waals surface area (Å²) in [7, 11) is -3.77. The molecule has 2 rings (SSSR count). The summed E-state index contributed by atoms with van der Waals surface area (Å²) in [5.41, 5.74) is 2.91. The first-order valence-electron chi connectivity index (χ1n) is 11.2. The van der Waals surface area contributed by atoms with E-state index in [0.29, 0.717) is 10.7 Å². The Morgan fingerprint density at radius 2 is 1.68 bits per heavy atom. The number of sulfonamides is 1. The molecule has 186 valence electrons. The number of carbonyl (C=O) groups excluding carboxylic acids is 2. The maximum atomic E-state index is 13.6. The standard InChI is InChI=1S/C25H34ClN3O4S/c1-7-18(3)27-25(31)20(5)28(15-21-11-13-22(26)14-12-21)24(30)16-29(34(6,32)33)23-10-8-9-17(2)19(23)4/h8-14,18,20H,7,15-16H2,1-6H3,(H,27,31)/t18-,20-/m1/s1. The molecule has 0 aromatic heterocycles. The van der Waals surface area contributed by atoms with Gasteiger partial charge in [0.1, 0.15) is 12.6 Å². The predicted molar refractivity (Wildman–Crippen MR) is 137 cm³/mol. The Labute approximate surface area is 208 Å². The number of rotatable bonds is 10. The molecule has 0 saturated carbocycles. The first-order valence-corrected chi connectivity index (χ1v) is 13.5. The fourth-order valence-corrected chi connectivity index (χ4v) is 4.46. The van der Waals surface area contributed by atoms with Crippen LogP contribution in [-0.2, 0) is 26.2 Å². The topological polar surface area (TPSA) is 86.8 Å². The van der Waals surface area contributed by atoms with Gasteiger partial charge in [-0.2, -0.15) is 0 Å². The van der Waals surface area contributed by atoms with Crippen molar-refractivity contribution in [3.05, 3.63) is 64.2 Å². The minimum absolute atomic E-state index is 0.0510. The van der Waals surface area contributed by atoms with Gasteiger partial charge < -0.3 is 10.2 Å². The van der Waals surface area contributed by atoms with E-state index < -0.39 is 28.5 Å². The molecule has 0 saturated heterocycles. The largest absolute Gasteiger partial charge is 0.352 e. The van der Waals surface area contributed by atoms with Crippen LogP contribution in [0.15, 0.2) is 42.5 Å². The molecule has 0 radical (unpaired) electrons. The molecule has 34 heavy (non-hydrogen) atoms.